The van der Waals surface area contributed by atoms with E-state index in [1.54, 1.807) is 42.5 Å². The molecule has 2 aromatic carbocycles. The second-order valence-corrected chi connectivity index (χ2v) is 6.13. The van der Waals surface area contributed by atoms with Crippen molar-refractivity contribution in [2.24, 2.45) is 5.10 Å². The van der Waals surface area contributed by atoms with Gasteiger partial charge in [-0.25, -0.2) is 4.39 Å². The molecule has 0 heterocycles. The fraction of sp³-hybridized carbons (Fsp3) is 0.133. The van der Waals surface area contributed by atoms with Crippen LogP contribution in [-0.4, -0.2) is 20.8 Å². The molecule has 0 atom stereocenters. The zero-order valence-corrected chi connectivity index (χ0v) is 12.3. The van der Waals surface area contributed by atoms with Crippen molar-refractivity contribution in [2.75, 3.05) is 6.67 Å². The van der Waals surface area contributed by atoms with Crippen LogP contribution in [0.1, 0.15) is 11.1 Å². The molecule has 21 heavy (non-hydrogen) atoms. The summed E-state index contributed by atoms with van der Waals surface area (Å²) in [6, 6.07) is 14.9. The predicted molar refractivity (Wildman–Crippen MR) is 80.5 cm³/mol. The first kappa shape index (κ1) is 15.2. The smallest absolute Gasteiger partial charge is 0.244 e. The van der Waals surface area contributed by atoms with Gasteiger partial charge in [0.1, 0.15) is 6.67 Å². The highest BCUT2D eigenvalue weighted by Crippen LogP contribution is 2.10. The Bertz CT molecular complexity index is 726. The monoisotopic (exact) mass is 306 g/mol. The summed E-state index contributed by atoms with van der Waals surface area (Å²) in [5.74, 6) is 0. The molecule has 0 radical (unpaired) electrons. The summed E-state index contributed by atoms with van der Waals surface area (Å²) in [7, 11) is -3.79. The van der Waals surface area contributed by atoms with E-state index in [0.717, 1.165) is 5.56 Å². The molecule has 0 saturated carbocycles. The number of rotatable bonds is 5. The Labute approximate surface area is 123 Å². The van der Waals surface area contributed by atoms with Gasteiger partial charge in [-0.1, -0.05) is 48.0 Å². The van der Waals surface area contributed by atoms with Gasteiger partial charge in [0.2, 0.25) is 0 Å². The van der Waals surface area contributed by atoms with E-state index >= 15 is 0 Å². The first-order valence-corrected chi connectivity index (χ1v) is 7.77. The lowest BCUT2D eigenvalue weighted by Crippen LogP contribution is -2.21. The molecule has 2 rings (SSSR count). The minimum atomic E-state index is -3.79. The van der Waals surface area contributed by atoms with Crippen molar-refractivity contribution in [3.63, 3.8) is 0 Å². The van der Waals surface area contributed by atoms with E-state index < -0.39 is 16.7 Å². The van der Waals surface area contributed by atoms with Crippen molar-refractivity contribution < 1.29 is 12.8 Å². The number of sulfonamides is 1. The third kappa shape index (κ3) is 3.88. The summed E-state index contributed by atoms with van der Waals surface area (Å²) >= 11 is 0. The number of hydrogen-bond donors (Lipinski definition) is 1. The largest absolute Gasteiger partial charge is 0.276 e. The third-order valence-corrected chi connectivity index (χ3v) is 4.09. The molecule has 0 fully saturated rings. The molecule has 1 N–H and O–H groups in total. The molecule has 0 aliphatic carbocycles. The summed E-state index contributed by atoms with van der Waals surface area (Å²) in [4.78, 5) is 2.15. The SMILES string of the molecule is Cc1ccc(S(=O)(=O)NN=C(CF)c2ccccc2)cc1. The molecule has 0 bridgehead atoms. The second-order valence-electron chi connectivity index (χ2n) is 4.47. The quantitative estimate of drug-likeness (QED) is 0.682. The van der Waals surface area contributed by atoms with Crippen LogP contribution in [0.3, 0.4) is 0 Å². The van der Waals surface area contributed by atoms with Crippen molar-refractivity contribution in [1.82, 2.24) is 4.83 Å². The van der Waals surface area contributed by atoms with Crippen LogP contribution in [0.4, 0.5) is 4.39 Å². The minimum Gasteiger partial charge on any atom is -0.244 e. The van der Waals surface area contributed by atoms with Crippen LogP contribution in [0.2, 0.25) is 0 Å². The Balaban J connectivity index is 2.24. The molecule has 110 valence electrons. The Morgan fingerprint density at radius 3 is 2.29 bits per heavy atom. The van der Waals surface area contributed by atoms with Gasteiger partial charge in [-0.15, -0.1) is 0 Å². The molecule has 0 spiro atoms. The minimum absolute atomic E-state index is 0.0336. The van der Waals surface area contributed by atoms with Crippen LogP contribution in [0.25, 0.3) is 0 Å². The summed E-state index contributed by atoms with van der Waals surface area (Å²) in [6.07, 6.45) is 0. The summed E-state index contributed by atoms with van der Waals surface area (Å²) in [6.45, 7) is 0.999. The van der Waals surface area contributed by atoms with E-state index in [9.17, 15) is 12.8 Å². The van der Waals surface area contributed by atoms with Crippen molar-refractivity contribution >= 4 is 15.7 Å². The van der Waals surface area contributed by atoms with Gasteiger partial charge in [0.25, 0.3) is 10.0 Å². The van der Waals surface area contributed by atoms with Crippen LogP contribution >= 0.6 is 0 Å². The van der Waals surface area contributed by atoms with Crippen LogP contribution < -0.4 is 4.83 Å². The predicted octanol–water partition coefficient (Wildman–Crippen LogP) is 2.65. The number of benzene rings is 2. The number of nitrogens with zero attached hydrogens (tertiary/aromatic N) is 1. The van der Waals surface area contributed by atoms with Crippen molar-refractivity contribution in [2.45, 2.75) is 11.8 Å². The maximum atomic E-state index is 13.0. The number of hydrazone groups is 1. The summed E-state index contributed by atoms with van der Waals surface area (Å²) < 4.78 is 37.1. The van der Waals surface area contributed by atoms with Crippen LogP contribution in [0.5, 0.6) is 0 Å². The van der Waals surface area contributed by atoms with Gasteiger partial charge in [0.05, 0.1) is 10.6 Å². The Hall–Kier alpha value is -2.21. The lowest BCUT2D eigenvalue weighted by molar-refractivity contribution is 0.574. The van der Waals surface area contributed by atoms with Crippen molar-refractivity contribution in [3.8, 4) is 0 Å². The normalized spacial score (nSPS) is 12.2. The first-order valence-electron chi connectivity index (χ1n) is 6.29. The number of nitrogens with one attached hydrogen (secondary N) is 1. The number of alkyl halides is 1. The standard InChI is InChI=1S/C15H15FN2O2S/c1-12-7-9-14(10-8-12)21(19,20)18-17-15(11-16)13-5-3-2-4-6-13/h2-10,18H,11H2,1H3. The Morgan fingerprint density at radius 2 is 1.71 bits per heavy atom. The molecule has 6 heteroatoms. The highest BCUT2D eigenvalue weighted by molar-refractivity contribution is 7.89. The Morgan fingerprint density at radius 1 is 1.10 bits per heavy atom. The molecule has 0 amide bonds. The zero-order chi connectivity index (χ0) is 15.3. The van der Waals surface area contributed by atoms with Crippen LogP contribution in [-0.2, 0) is 10.0 Å². The van der Waals surface area contributed by atoms with E-state index in [0.29, 0.717) is 5.56 Å². The highest BCUT2D eigenvalue weighted by Gasteiger charge is 2.13. The molecule has 0 aliphatic rings. The molecular formula is C15H15FN2O2S. The van der Waals surface area contributed by atoms with Gasteiger partial charge in [0, 0.05) is 5.56 Å². The summed E-state index contributed by atoms with van der Waals surface area (Å²) in [5, 5.41) is 3.69. The molecule has 4 nitrogen and oxygen atoms in total. The van der Waals surface area contributed by atoms with Crippen LogP contribution in [0, 0.1) is 6.92 Å². The molecule has 0 saturated heterocycles. The second kappa shape index (κ2) is 6.49. The summed E-state index contributed by atoms with van der Waals surface area (Å²) in [5.41, 5.74) is 1.52. The van der Waals surface area contributed by atoms with E-state index in [-0.39, 0.29) is 10.6 Å². The van der Waals surface area contributed by atoms with Crippen molar-refractivity contribution in [3.05, 3.63) is 65.7 Å². The maximum absolute atomic E-state index is 13.0. The number of halogens is 1. The van der Waals surface area contributed by atoms with Crippen molar-refractivity contribution in [1.29, 1.82) is 0 Å². The number of aryl methyl sites for hydroxylation is 1. The zero-order valence-electron chi connectivity index (χ0n) is 11.5. The van der Waals surface area contributed by atoms with Crippen LogP contribution in [0.15, 0.2) is 64.6 Å². The first-order chi connectivity index (χ1) is 10.0. The Kier molecular flexibility index (Phi) is 4.70. The molecule has 0 unspecified atom stereocenters. The van der Waals surface area contributed by atoms with Gasteiger partial charge in [-0.3, -0.25) is 0 Å². The fourth-order valence-corrected chi connectivity index (χ4v) is 2.52. The van der Waals surface area contributed by atoms with Gasteiger partial charge in [0.15, 0.2) is 0 Å². The molecular weight excluding hydrogens is 291 g/mol. The van der Waals surface area contributed by atoms with E-state index in [1.807, 2.05) is 6.92 Å². The molecule has 0 aliphatic heterocycles. The lowest BCUT2D eigenvalue weighted by Gasteiger charge is -2.06. The lowest BCUT2D eigenvalue weighted by atomic mass is 10.1. The van der Waals surface area contributed by atoms with Gasteiger partial charge < -0.3 is 0 Å². The highest BCUT2D eigenvalue weighted by atomic mass is 32.2. The number of hydrogen-bond acceptors (Lipinski definition) is 3. The third-order valence-electron chi connectivity index (χ3n) is 2.87. The average molecular weight is 306 g/mol. The van der Waals surface area contributed by atoms with E-state index in [1.165, 1.54) is 12.1 Å². The van der Waals surface area contributed by atoms with Gasteiger partial charge in [-0.05, 0) is 19.1 Å². The average Bonchev–Trinajstić information content (AvgIpc) is 2.49. The fourth-order valence-electron chi connectivity index (χ4n) is 1.69. The van der Waals surface area contributed by atoms with E-state index in [2.05, 4.69) is 9.93 Å². The maximum Gasteiger partial charge on any atom is 0.276 e. The van der Waals surface area contributed by atoms with Gasteiger partial charge in [-0.2, -0.15) is 18.4 Å². The van der Waals surface area contributed by atoms with E-state index in [4.69, 9.17) is 0 Å². The molecule has 2 aromatic rings. The topological polar surface area (TPSA) is 58.5 Å². The molecule has 0 aromatic heterocycles. The van der Waals surface area contributed by atoms with Gasteiger partial charge >= 0.3 is 0 Å².